The third-order valence-corrected chi connectivity index (χ3v) is 3.71. The lowest BCUT2D eigenvalue weighted by molar-refractivity contribution is -0.142. The van der Waals surface area contributed by atoms with Crippen LogP contribution in [0.1, 0.15) is 35.3 Å². The average Bonchev–Trinajstić information content (AvgIpc) is 2.68. The minimum Gasteiger partial charge on any atom is -0.489 e. The fraction of sp³-hybridized carbons (Fsp3) is 0.333. The first kappa shape index (κ1) is 20.5. The summed E-state index contributed by atoms with van der Waals surface area (Å²) in [4.78, 5) is 23.7. The van der Waals surface area contributed by atoms with Crippen LogP contribution in [0.2, 0.25) is 0 Å². The molecule has 2 rings (SSSR count). The molecule has 0 aromatic heterocycles. The Hall–Kier alpha value is -2.86. The van der Waals surface area contributed by atoms with Crippen molar-refractivity contribution in [2.75, 3.05) is 19.8 Å². The summed E-state index contributed by atoms with van der Waals surface area (Å²) < 4.78 is 15.8. The van der Waals surface area contributed by atoms with Crippen molar-refractivity contribution in [1.82, 2.24) is 5.32 Å². The van der Waals surface area contributed by atoms with Crippen molar-refractivity contribution in [3.05, 3.63) is 65.2 Å². The number of benzene rings is 2. The van der Waals surface area contributed by atoms with Crippen LogP contribution in [0.5, 0.6) is 5.75 Å². The molecular formula is C21H25NO5. The maximum absolute atomic E-state index is 12.2. The molecule has 0 spiro atoms. The van der Waals surface area contributed by atoms with Gasteiger partial charge < -0.3 is 19.5 Å². The quantitative estimate of drug-likeness (QED) is 0.647. The van der Waals surface area contributed by atoms with Crippen LogP contribution in [0.25, 0.3) is 0 Å². The summed E-state index contributed by atoms with van der Waals surface area (Å²) in [6.07, 6.45) is 0. The normalized spacial score (nSPS) is 10.3. The van der Waals surface area contributed by atoms with Crippen molar-refractivity contribution in [3.63, 3.8) is 0 Å². The summed E-state index contributed by atoms with van der Waals surface area (Å²) in [7, 11) is 0. The number of hydrogen-bond donors (Lipinski definition) is 1. The number of hydrogen-bond acceptors (Lipinski definition) is 6. The predicted octanol–water partition coefficient (Wildman–Crippen LogP) is 3.10. The molecular weight excluding hydrogens is 346 g/mol. The van der Waals surface area contributed by atoms with Crippen LogP contribution in [0.15, 0.2) is 48.5 Å². The van der Waals surface area contributed by atoms with Gasteiger partial charge in [-0.15, -0.1) is 0 Å². The lowest BCUT2D eigenvalue weighted by Gasteiger charge is -2.13. The molecule has 0 saturated heterocycles. The Morgan fingerprint density at radius 3 is 2.41 bits per heavy atom. The van der Waals surface area contributed by atoms with Gasteiger partial charge in [-0.25, -0.2) is 4.79 Å². The Kier molecular flexibility index (Phi) is 8.32. The van der Waals surface area contributed by atoms with Crippen LogP contribution in [-0.4, -0.2) is 31.7 Å². The lowest BCUT2D eigenvalue weighted by Crippen LogP contribution is -2.25. The maximum atomic E-state index is 12.2. The Labute approximate surface area is 159 Å². The van der Waals surface area contributed by atoms with Gasteiger partial charge in [0.15, 0.2) is 0 Å². The summed E-state index contributed by atoms with van der Waals surface area (Å²) >= 11 is 0. The monoisotopic (exact) mass is 371 g/mol. The Morgan fingerprint density at radius 1 is 0.963 bits per heavy atom. The molecule has 0 atom stereocenters. The van der Waals surface area contributed by atoms with Gasteiger partial charge in [-0.3, -0.25) is 4.79 Å². The molecule has 2 aromatic carbocycles. The van der Waals surface area contributed by atoms with Gasteiger partial charge in [0.05, 0.1) is 25.3 Å². The van der Waals surface area contributed by atoms with Gasteiger partial charge >= 0.3 is 11.9 Å². The molecule has 6 heteroatoms. The van der Waals surface area contributed by atoms with Gasteiger partial charge in [0, 0.05) is 6.54 Å². The zero-order valence-corrected chi connectivity index (χ0v) is 15.7. The molecule has 144 valence electrons. The number of carbonyl (C=O) groups excluding carboxylic acids is 2. The highest BCUT2D eigenvalue weighted by Crippen LogP contribution is 2.20. The largest absolute Gasteiger partial charge is 0.489 e. The van der Waals surface area contributed by atoms with Gasteiger partial charge in [0.1, 0.15) is 12.4 Å². The second kappa shape index (κ2) is 11.0. The number of esters is 2. The topological polar surface area (TPSA) is 73.9 Å². The van der Waals surface area contributed by atoms with E-state index in [9.17, 15) is 9.59 Å². The maximum Gasteiger partial charge on any atom is 0.338 e. The first-order chi connectivity index (χ1) is 13.1. The second-order valence-electron chi connectivity index (χ2n) is 5.72. The van der Waals surface area contributed by atoms with E-state index in [1.54, 1.807) is 32.0 Å². The zero-order valence-electron chi connectivity index (χ0n) is 15.7. The van der Waals surface area contributed by atoms with E-state index in [4.69, 9.17) is 14.2 Å². The summed E-state index contributed by atoms with van der Waals surface area (Å²) in [6.45, 7) is 4.94. The van der Waals surface area contributed by atoms with Crippen LogP contribution in [-0.2, 0) is 27.4 Å². The van der Waals surface area contributed by atoms with E-state index < -0.39 is 5.97 Å². The minimum absolute atomic E-state index is 0.0607. The van der Waals surface area contributed by atoms with Crippen LogP contribution >= 0.6 is 0 Å². The van der Waals surface area contributed by atoms with Gasteiger partial charge in [-0.2, -0.15) is 0 Å². The van der Waals surface area contributed by atoms with Crippen molar-refractivity contribution in [2.24, 2.45) is 0 Å². The second-order valence-corrected chi connectivity index (χ2v) is 5.72. The zero-order chi connectivity index (χ0) is 19.5. The van der Waals surface area contributed by atoms with Crippen molar-refractivity contribution in [2.45, 2.75) is 27.0 Å². The van der Waals surface area contributed by atoms with E-state index in [1.165, 1.54) is 0 Å². The summed E-state index contributed by atoms with van der Waals surface area (Å²) in [5.41, 5.74) is 2.19. The van der Waals surface area contributed by atoms with Crippen LogP contribution in [0, 0.1) is 0 Å². The van der Waals surface area contributed by atoms with E-state index in [0.29, 0.717) is 43.2 Å². The van der Waals surface area contributed by atoms with E-state index in [-0.39, 0.29) is 12.5 Å². The Balaban J connectivity index is 2.08. The lowest BCUT2D eigenvalue weighted by atomic mass is 10.1. The minimum atomic E-state index is -0.403. The SMILES string of the molecule is CCOC(=O)CNCc1cc(OCc2ccccc2)ccc1C(=O)OCC. The standard InChI is InChI=1S/C21H25NO5/c1-3-25-20(23)14-22-13-17-12-18(10-11-19(17)21(24)26-4-2)27-15-16-8-6-5-7-9-16/h5-12,22H,3-4,13-15H2,1-2H3. The van der Waals surface area contributed by atoms with E-state index in [1.807, 2.05) is 30.3 Å². The van der Waals surface area contributed by atoms with E-state index >= 15 is 0 Å². The first-order valence-electron chi connectivity index (χ1n) is 8.97. The van der Waals surface area contributed by atoms with Gasteiger partial charge in [-0.05, 0) is 43.2 Å². The number of carbonyl (C=O) groups is 2. The molecule has 0 heterocycles. The van der Waals surface area contributed by atoms with Crippen molar-refractivity contribution < 1.29 is 23.8 Å². The molecule has 0 saturated carbocycles. The molecule has 0 bridgehead atoms. The molecule has 2 aromatic rings. The van der Waals surface area contributed by atoms with Crippen LogP contribution < -0.4 is 10.1 Å². The summed E-state index contributed by atoms with van der Waals surface area (Å²) in [6, 6.07) is 15.0. The number of ether oxygens (including phenoxy) is 3. The highest BCUT2D eigenvalue weighted by Gasteiger charge is 2.14. The third kappa shape index (κ3) is 6.75. The van der Waals surface area contributed by atoms with Crippen molar-refractivity contribution in [1.29, 1.82) is 0 Å². The molecule has 0 amide bonds. The van der Waals surface area contributed by atoms with Gasteiger partial charge in [0.25, 0.3) is 0 Å². The third-order valence-electron chi connectivity index (χ3n) is 3.71. The molecule has 0 fully saturated rings. The molecule has 27 heavy (non-hydrogen) atoms. The Bertz CT molecular complexity index is 745. The molecule has 0 unspecified atom stereocenters. The molecule has 0 aliphatic heterocycles. The van der Waals surface area contributed by atoms with Crippen LogP contribution in [0.4, 0.5) is 0 Å². The van der Waals surface area contributed by atoms with Crippen molar-refractivity contribution >= 4 is 11.9 Å². The van der Waals surface area contributed by atoms with E-state index in [0.717, 1.165) is 5.56 Å². The average molecular weight is 371 g/mol. The predicted molar refractivity (Wildman–Crippen MR) is 102 cm³/mol. The summed E-state index contributed by atoms with van der Waals surface area (Å²) in [5, 5.41) is 2.99. The molecule has 0 aliphatic carbocycles. The fourth-order valence-electron chi connectivity index (χ4n) is 2.47. The van der Waals surface area contributed by atoms with E-state index in [2.05, 4.69) is 5.32 Å². The highest BCUT2D eigenvalue weighted by molar-refractivity contribution is 5.91. The number of rotatable bonds is 10. The smallest absolute Gasteiger partial charge is 0.338 e. The number of nitrogens with one attached hydrogen (secondary N) is 1. The highest BCUT2D eigenvalue weighted by atomic mass is 16.5. The fourth-order valence-corrected chi connectivity index (χ4v) is 2.47. The molecule has 0 radical (unpaired) electrons. The summed E-state index contributed by atoms with van der Waals surface area (Å²) in [5.74, 6) is -0.105. The molecule has 6 nitrogen and oxygen atoms in total. The van der Waals surface area contributed by atoms with Gasteiger partial charge in [-0.1, -0.05) is 30.3 Å². The molecule has 0 aliphatic rings. The molecule has 1 N–H and O–H groups in total. The van der Waals surface area contributed by atoms with Crippen LogP contribution in [0.3, 0.4) is 0 Å². The van der Waals surface area contributed by atoms with Gasteiger partial charge in [0.2, 0.25) is 0 Å². The first-order valence-corrected chi connectivity index (χ1v) is 8.97. The van der Waals surface area contributed by atoms with Crippen molar-refractivity contribution in [3.8, 4) is 5.75 Å². The Morgan fingerprint density at radius 2 is 1.70 bits per heavy atom.